The van der Waals surface area contributed by atoms with Crippen molar-refractivity contribution < 1.29 is 9.53 Å². The van der Waals surface area contributed by atoms with Crippen LogP contribution in [-0.2, 0) is 4.74 Å². The van der Waals surface area contributed by atoms with Crippen molar-refractivity contribution >= 4 is 6.03 Å². The molecular weight excluding hydrogens is 168 g/mol. The van der Waals surface area contributed by atoms with Crippen LogP contribution in [0.5, 0.6) is 0 Å². The third kappa shape index (κ3) is 4.12. The molecule has 1 atom stereocenters. The molecule has 4 heteroatoms. The molecule has 1 saturated heterocycles. The Kier molecular flexibility index (Phi) is 4.02. The predicted molar refractivity (Wildman–Crippen MR) is 50.6 cm³/mol. The monoisotopic (exact) mass is 186 g/mol. The van der Waals surface area contributed by atoms with Gasteiger partial charge in [0.15, 0.2) is 0 Å². The van der Waals surface area contributed by atoms with Crippen LogP contribution < -0.4 is 10.6 Å². The number of ether oxygens (including phenoxy) is 1. The van der Waals surface area contributed by atoms with Crippen LogP contribution >= 0.6 is 0 Å². The fourth-order valence-corrected chi connectivity index (χ4v) is 1.29. The molecule has 0 aromatic rings. The Hall–Kier alpha value is -0.770. The first-order chi connectivity index (χ1) is 6.18. The molecule has 1 fully saturated rings. The molecule has 76 valence electrons. The van der Waals surface area contributed by atoms with Gasteiger partial charge in [-0.1, -0.05) is 0 Å². The quantitative estimate of drug-likeness (QED) is 0.682. The molecule has 0 aromatic carbocycles. The summed E-state index contributed by atoms with van der Waals surface area (Å²) in [6.07, 6.45) is 1.06. The van der Waals surface area contributed by atoms with E-state index in [9.17, 15) is 4.79 Å². The largest absolute Gasteiger partial charge is 0.381 e. The van der Waals surface area contributed by atoms with Gasteiger partial charge < -0.3 is 15.4 Å². The normalized spacial score (nSPS) is 21.9. The molecular formula is C9H18N2O2. The van der Waals surface area contributed by atoms with Gasteiger partial charge in [-0.3, -0.25) is 0 Å². The van der Waals surface area contributed by atoms with Crippen molar-refractivity contribution in [2.75, 3.05) is 19.8 Å². The van der Waals surface area contributed by atoms with Crippen molar-refractivity contribution in [2.24, 2.45) is 5.92 Å². The van der Waals surface area contributed by atoms with Crippen molar-refractivity contribution in [1.29, 1.82) is 0 Å². The highest BCUT2D eigenvalue weighted by Gasteiger charge is 2.16. The van der Waals surface area contributed by atoms with Crippen molar-refractivity contribution in [2.45, 2.75) is 26.3 Å². The van der Waals surface area contributed by atoms with Crippen molar-refractivity contribution in [1.82, 2.24) is 10.6 Å². The number of nitrogens with one attached hydrogen (secondary N) is 2. The van der Waals surface area contributed by atoms with E-state index in [1.807, 2.05) is 13.8 Å². The van der Waals surface area contributed by atoms with Crippen molar-refractivity contribution in [3.63, 3.8) is 0 Å². The van der Waals surface area contributed by atoms with Gasteiger partial charge in [0.2, 0.25) is 0 Å². The van der Waals surface area contributed by atoms with Gasteiger partial charge in [0, 0.05) is 25.1 Å². The Balaban J connectivity index is 2.07. The van der Waals surface area contributed by atoms with E-state index >= 15 is 0 Å². The standard InChI is InChI=1S/C9H18N2O2/c1-7(2)11-9(12)10-5-8-3-4-13-6-8/h7-8H,3-6H2,1-2H3,(H2,10,11,12). The fraction of sp³-hybridized carbons (Fsp3) is 0.889. The van der Waals surface area contributed by atoms with Gasteiger partial charge in [0.1, 0.15) is 0 Å². The Bertz CT molecular complexity index is 165. The molecule has 2 amide bonds. The highest BCUT2D eigenvalue weighted by Crippen LogP contribution is 2.10. The summed E-state index contributed by atoms with van der Waals surface area (Å²) in [6, 6.07) is 0.113. The minimum Gasteiger partial charge on any atom is -0.381 e. The van der Waals surface area contributed by atoms with Crippen LogP contribution in [0.25, 0.3) is 0 Å². The average Bonchev–Trinajstić information content (AvgIpc) is 2.51. The van der Waals surface area contributed by atoms with Gasteiger partial charge in [0.25, 0.3) is 0 Å². The lowest BCUT2D eigenvalue weighted by atomic mass is 10.1. The molecule has 1 rings (SSSR count). The van der Waals surface area contributed by atoms with E-state index in [-0.39, 0.29) is 12.1 Å². The zero-order valence-corrected chi connectivity index (χ0v) is 8.30. The lowest BCUT2D eigenvalue weighted by molar-refractivity contribution is 0.185. The highest BCUT2D eigenvalue weighted by atomic mass is 16.5. The smallest absolute Gasteiger partial charge is 0.314 e. The SMILES string of the molecule is CC(C)NC(=O)NCC1CCOC1. The first-order valence-corrected chi connectivity index (χ1v) is 4.80. The van der Waals surface area contributed by atoms with Crippen LogP contribution in [0, 0.1) is 5.92 Å². The first-order valence-electron chi connectivity index (χ1n) is 4.80. The molecule has 0 saturated carbocycles. The van der Waals surface area contributed by atoms with Gasteiger partial charge >= 0.3 is 6.03 Å². The molecule has 0 radical (unpaired) electrons. The van der Waals surface area contributed by atoms with Gasteiger partial charge in [-0.05, 0) is 20.3 Å². The number of rotatable bonds is 3. The van der Waals surface area contributed by atoms with Crippen LogP contribution in [0.1, 0.15) is 20.3 Å². The number of carbonyl (C=O) groups excluding carboxylic acids is 1. The summed E-state index contributed by atoms with van der Waals surface area (Å²) < 4.78 is 5.20. The summed E-state index contributed by atoms with van der Waals surface area (Å²) in [5, 5.41) is 5.60. The Morgan fingerprint density at radius 1 is 1.62 bits per heavy atom. The van der Waals surface area contributed by atoms with Crippen molar-refractivity contribution in [3.8, 4) is 0 Å². The van der Waals surface area contributed by atoms with E-state index in [1.165, 1.54) is 0 Å². The number of hydrogen-bond acceptors (Lipinski definition) is 2. The summed E-state index contributed by atoms with van der Waals surface area (Å²) in [5.41, 5.74) is 0. The summed E-state index contributed by atoms with van der Waals surface area (Å²) in [6.45, 7) is 6.22. The summed E-state index contributed by atoms with van der Waals surface area (Å²) >= 11 is 0. The molecule has 2 N–H and O–H groups in total. The Morgan fingerprint density at radius 3 is 2.92 bits per heavy atom. The molecule has 1 aliphatic heterocycles. The number of carbonyl (C=O) groups is 1. The lowest BCUT2D eigenvalue weighted by Crippen LogP contribution is -2.41. The van der Waals surface area contributed by atoms with E-state index in [0.29, 0.717) is 5.92 Å². The molecule has 0 aliphatic carbocycles. The summed E-state index contributed by atoms with van der Waals surface area (Å²) in [4.78, 5) is 11.1. The molecule has 1 unspecified atom stereocenters. The zero-order chi connectivity index (χ0) is 9.68. The first kappa shape index (κ1) is 10.3. The molecule has 4 nitrogen and oxygen atoms in total. The van der Waals surface area contributed by atoms with Crippen LogP contribution in [0.4, 0.5) is 4.79 Å². The number of hydrogen-bond donors (Lipinski definition) is 2. The van der Waals surface area contributed by atoms with E-state index in [0.717, 1.165) is 26.2 Å². The minimum absolute atomic E-state index is 0.0816. The van der Waals surface area contributed by atoms with Crippen LogP contribution in [0.3, 0.4) is 0 Å². The molecule has 13 heavy (non-hydrogen) atoms. The predicted octanol–water partition coefficient (Wildman–Crippen LogP) is 0.730. The zero-order valence-electron chi connectivity index (χ0n) is 8.30. The topological polar surface area (TPSA) is 50.4 Å². The second-order valence-corrected chi connectivity index (χ2v) is 3.74. The second-order valence-electron chi connectivity index (χ2n) is 3.74. The molecule has 0 aromatic heterocycles. The highest BCUT2D eigenvalue weighted by molar-refractivity contribution is 5.74. The molecule has 0 bridgehead atoms. The number of amides is 2. The summed E-state index contributed by atoms with van der Waals surface area (Å²) in [7, 11) is 0. The fourth-order valence-electron chi connectivity index (χ4n) is 1.29. The summed E-state index contributed by atoms with van der Waals surface area (Å²) in [5.74, 6) is 0.498. The average molecular weight is 186 g/mol. The number of urea groups is 1. The Morgan fingerprint density at radius 2 is 2.38 bits per heavy atom. The van der Waals surface area contributed by atoms with E-state index < -0.39 is 0 Å². The Labute approximate surface area is 79.0 Å². The van der Waals surface area contributed by atoms with Gasteiger partial charge in [-0.15, -0.1) is 0 Å². The maximum atomic E-state index is 11.1. The third-order valence-electron chi connectivity index (χ3n) is 2.00. The third-order valence-corrected chi connectivity index (χ3v) is 2.00. The molecule has 1 aliphatic rings. The van der Waals surface area contributed by atoms with E-state index in [2.05, 4.69) is 10.6 Å². The van der Waals surface area contributed by atoms with Gasteiger partial charge in [-0.2, -0.15) is 0 Å². The van der Waals surface area contributed by atoms with Crippen LogP contribution in [0.15, 0.2) is 0 Å². The molecule has 0 spiro atoms. The van der Waals surface area contributed by atoms with Gasteiger partial charge in [0.05, 0.1) is 6.61 Å². The minimum atomic E-state index is -0.0816. The maximum absolute atomic E-state index is 11.1. The maximum Gasteiger partial charge on any atom is 0.314 e. The van der Waals surface area contributed by atoms with Crippen molar-refractivity contribution in [3.05, 3.63) is 0 Å². The van der Waals surface area contributed by atoms with E-state index in [4.69, 9.17) is 4.74 Å². The molecule has 1 heterocycles. The van der Waals surface area contributed by atoms with Crippen LogP contribution in [0.2, 0.25) is 0 Å². The van der Waals surface area contributed by atoms with Crippen LogP contribution in [-0.4, -0.2) is 31.8 Å². The van der Waals surface area contributed by atoms with E-state index in [1.54, 1.807) is 0 Å². The van der Waals surface area contributed by atoms with Gasteiger partial charge in [-0.25, -0.2) is 4.79 Å². The lowest BCUT2D eigenvalue weighted by Gasteiger charge is -2.12. The second kappa shape index (κ2) is 5.07.